The topological polar surface area (TPSA) is 82.4 Å². The van der Waals surface area contributed by atoms with Gasteiger partial charge >= 0.3 is 13.2 Å². The van der Waals surface area contributed by atoms with Crippen molar-refractivity contribution in [3.63, 3.8) is 0 Å². The molecule has 2 aromatic carbocycles. The third-order valence-corrected chi connectivity index (χ3v) is 5.54. The second-order valence-electron chi connectivity index (χ2n) is 9.20. The molecule has 0 bridgehead atoms. The van der Waals surface area contributed by atoms with Gasteiger partial charge in [-0.3, -0.25) is 9.89 Å². The van der Waals surface area contributed by atoms with E-state index in [0.717, 1.165) is 40.9 Å². The number of ether oxygens (including phenoxy) is 1. The zero-order valence-electron chi connectivity index (χ0n) is 18.6. The Bertz CT molecular complexity index is 1110. The summed E-state index contributed by atoms with van der Waals surface area (Å²) in [6.45, 7) is 6.33. The molecule has 0 aliphatic carbocycles. The van der Waals surface area contributed by atoms with Crippen molar-refractivity contribution in [3.05, 3.63) is 59.2 Å². The van der Waals surface area contributed by atoms with Gasteiger partial charge in [0.2, 0.25) is 0 Å². The van der Waals surface area contributed by atoms with Crippen LogP contribution in [0.1, 0.15) is 50.3 Å². The van der Waals surface area contributed by atoms with Crippen LogP contribution in [-0.4, -0.2) is 52.1 Å². The first kappa shape index (κ1) is 22.1. The standard InChI is InChI=1S/C25H27BN2O4/c1-25(2,3)32-24(29)28-14-4-5-23(28)22-16-19-15-18(10-13-21(19)27-22)7-6-17-8-11-20(12-9-17)26(30)31/h8-13,15,23,30-31H,4-5,14,16H2,1-3H3/t23-/m0/s1. The molecule has 2 N–H and O–H groups in total. The highest BCUT2D eigenvalue weighted by Gasteiger charge is 2.36. The SMILES string of the molecule is CC(C)(C)OC(=O)N1CCC[C@H]1C1=Nc2ccc(C#Cc3ccc(B(O)O)cc3)cc2C1. The fourth-order valence-corrected chi connectivity index (χ4v) is 4.03. The Kier molecular flexibility index (Phi) is 6.10. The lowest BCUT2D eigenvalue weighted by Crippen LogP contribution is -2.43. The van der Waals surface area contributed by atoms with Crippen molar-refractivity contribution in [2.24, 2.45) is 4.99 Å². The Hall–Kier alpha value is -3.08. The maximum Gasteiger partial charge on any atom is 0.488 e. The molecular formula is C25H27BN2O4. The first-order valence-corrected chi connectivity index (χ1v) is 10.9. The van der Waals surface area contributed by atoms with Crippen molar-refractivity contribution in [1.82, 2.24) is 4.90 Å². The second kappa shape index (κ2) is 8.81. The molecule has 2 heterocycles. The number of hydrogen-bond donors (Lipinski definition) is 2. The minimum Gasteiger partial charge on any atom is -0.444 e. The van der Waals surface area contributed by atoms with Gasteiger partial charge in [-0.1, -0.05) is 24.0 Å². The van der Waals surface area contributed by atoms with Gasteiger partial charge in [0.25, 0.3) is 0 Å². The lowest BCUT2D eigenvalue weighted by molar-refractivity contribution is 0.0265. The molecular weight excluding hydrogens is 403 g/mol. The zero-order valence-corrected chi connectivity index (χ0v) is 18.6. The number of amides is 1. The van der Waals surface area contributed by atoms with Crippen LogP contribution in [0.25, 0.3) is 0 Å². The largest absolute Gasteiger partial charge is 0.488 e. The quantitative estimate of drug-likeness (QED) is 0.567. The summed E-state index contributed by atoms with van der Waals surface area (Å²) in [5.74, 6) is 6.27. The molecule has 32 heavy (non-hydrogen) atoms. The highest BCUT2D eigenvalue weighted by molar-refractivity contribution is 6.58. The summed E-state index contributed by atoms with van der Waals surface area (Å²) in [4.78, 5) is 19.3. The molecule has 7 heteroatoms. The Morgan fingerprint density at radius 1 is 1.12 bits per heavy atom. The van der Waals surface area contributed by atoms with Gasteiger partial charge in [-0.2, -0.15) is 0 Å². The van der Waals surface area contributed by atoms with E-state index in [9.17, 15) is 14.8 Å². The summed E-state index contributed by atoms with van der Waals surface area (Å²) in [5.41, 5.74) is 4.66. The molecule has 0 radical (unpaired) electrons. The maximum absolute atomic E-state index is 12.6. The van der Waals surface area contributed by atoms with Crippen molar-refractivity contribution in [3.8, 4) is 11.8 Å². The number of benzene rings is 2. The Balaban J connectivity index is 1.46. The van der Waals surface area contributed by atoms with Crippen molar-refractivity contribution in [2.45, 2.75) is 51.7 Å². The molecule has 2 aliphatic heterocycles. The van der Waals surface area contributed by atoms with Gasteiger partial charge in [-0.25, -0.2) is 4.79 Å². The molecule has 6 nitrogen and oxygen atoms in total. The molecule has 1 fully saturated rings. The third-order valence-electron chi connectivity index (χ3n) is 5.54. The number of carbonyl (C=O) groups is 1. The minimum atomic E-state index is -1.48. The molecule has 0 aromatic heterocycles. The van der Waals surface area contributed by atoms with E-state index in [1.54, 1.807) is 24.3 Å². The van der Waals surface area contributed by atoms with Gasteiger partial charge < -0.3 is 14.8 Å². The normalized spacial score (nSPS) is 17.3. The zero-order chi connectivity index (χ0) is 22.9. The van der Waals surface area contributed by atoms with E-state index in [1.807, 2.05) is 37.8 Å². The monoisotopic (exact) mass is 430 g/mol. The van der Waals surface area contributed by atoms with Crippen LogP contribution in [0.4, 0.5) is 10.5 Å². The molecule has 0 spiro atoms. The molecule has 0 unspecified atom stereocenters. The van der Waals surface area contributed by atoms with Crippen LogP contribution in [0.5, 0.6) is 0 Å². The summed E-state index contributed by atoms with van der Waals surface area (Å²) >= 11 is 0. The van der Waals surface area contributed by atoms with Gasteiger partial charge in [0.05, 0.1) is 11.7 Å². The fraction of sp³-hybridized carbons (Fsp3) is 0.360. The van der Waals surface area contributed by atoms with Crippen LogP contribution < -0.4 is 5.46 Å². The van der Waals surface area contributed by atoms with E-state index < -0.39 is 12.7 Å². The number of nitrogens with zero attached hydrogens (tertiary/aromatic N) is 2. The van der Waals surface area contributed by atoms with E-state index in [-0.39, 0.29) is 12.1 Å². The average molecular weight is 430 g/mol. The Morgan fingerprint density at radius 3 is 2.50 bits per heavy atom. The van der Waals surface area contributed by atoms with Crippen LogP contribution in [-0.2, 0) is 11.2 Å². The van der Waals surface area contributed by atoms with Gasteiger partial charge in [0, 0.05) is 29.8 Å². The molecule has 1 amide bonds. The third kappa shape index (κ3) is 5.04. The second-order valence-corrected chi connectivity index (χ2v) is 9.20. The Morgan fingerprint density at radius 2 is 1.81 bits per heavy atom. The van der Waals surface area contributed by atoms with E-state index in [1.165, 1.54) is 0 Å². The van der Waals surface area contributed by atoms with E-state index >= 15 is 0 Å². The minimum absolute atomic E-state index is 0.0211. The number of fused-ring (bicyclic) bond motifs is 1. The molecule has 2 aromatic rings. The number of rotatable bonds is 2. The van der Waals surface area contributed by atoms with E-state index in [2.05, 4.69) is 17.9 Å². The molecule has 164 valence electrons. The van der Waals surface area contributed by atoms with Crippen LogP contribution >= 0.6 is 0 Å². The summed E-state index contributed by atoms with van der Waals surface area (Å²) < 4.78 is 5.59. The molecule has 2 aliphatic rings. The first-order valence-electron chi connectivity index (χ1n) is 10.9. The van der Waals surface area contributed by atoms with E-state index in [0.29, 0.717) is 18.4 Å². The van der Waals surface area contributed by atoms with E-state index in [4.69, 9.17) is 9.73 Å². The predicted octanol–water partition coefficient (Wildman–Crippen LogP) is 2.79. The van der Waals surface area contributed by atoms with Gasteiger partial charge in [-0.05, 0) is 75.0 Å². The van der Waals surface area contributed by atoms with Gasteiger partial charge in [-0.15, -0.1) is 0 Å². The summed E-state index contributed by atoms with van der Waals surface area (Å²) in [6, 6.07) is 12.8. The summed E-state index contributed by atoms with van der Waals surface area (Å²) in [5, 5.41) is 18.4. The Labute approximate surface area is 189 Å². The van der Waals surface area contributed by atoms with Crippen LogP contribution in [0, 0.1) is 11.8 Å². The highest BCUT2D eigenvalue weighted by atomic mass is 16.6. The van der Waals surface area contributed by atoms with Crippen molar-refractivity contribution in [1.29, 1.82) is 0 Å². The number of likely N-dealkylation sites (tertiary alicyclic amines) is 1. The van der Waals surface area contributed by atoms with Crippen molar-refractivity contribution >= 4 is 30.1 Å². The molecule has 0 saturated carbocycles. The van der Waals surface area contributed by atoms with Crippen molar-refractivity contribution in [2.75, 3.05) is 6.54 Å². The average Bonchev–Trinajstić information content (AvgIpc) is 3.37. The lowest BCUT2D eigenvalue weighted by atomic mass is 9.80. The summed E-state index contributed by atoms with van der Waals surface area (Å²) in [7, 11) is -1.48. The van der Waals surface area contributed by atoms with Gasteiger partial charge in [0.15, 0.2) is 0 Å². The number of aliphatic imine (C=N–C) groups is 1. The molecule has 4 rings (SSSR count). The maximum atomic E-state index is 12.6. The summed E-state index contributed by atoms with van der Waals surface area (Å²) in [6.07, 6.45) is 2.28. The first-order chi connectivity index (χ1) is 15.2. The molecule has 1 atom stereocenters. The fourth-order valence-electron chi connectivity index (χ4n) is 4.03. The van der Waals surface area contributed by atoms with Crippen LogP contribution in [0.15, 0.2) is 47.5 Å². The predicted molar refractivity (Wildman–Crippen MR) is 125 cm³/mol. The highest BCUT2D eigenvalue weighted by Crippen LogP contribution is 2.32. The van der Waals surface area contributed by atoms with Crippen molar-refractivity contribution < 1.29 is 19.6 Å². The number of carbonyl (C=O) groups excluding carboxylic acids is 1. The smallest absolute Gasteiger partial charge is 0.444 e. The van der Waals surface area contributed by atoms with Crippen LogP contribution in [0.2, 0.25) is 0 Å². The number of hydrogen-bond acceptors (Lipinski definition) is 5. The van der Waals surface area contributed by atoms with Gasteiger partial charge in [0.1, 0.15) is 5.60 Å². The van der Waals surface area contributed by atoms with Crippen LogP contribution in [0.3, 0.4) is 0 Å². The molecule has 1 saturated heterocycles. The lowest BCUT2D eigenvalue weighted by Gasteiger charge is -2.28.